The van der Waals surface area contributed by atoms with Gasteiger partial charge in [0.25, 0.3) is 0 Å². The summed E-state index contributed by atoms with van der Waals surface area (Å²) >= 11 is 0. The average molecular weight is 239 g/mol. The largest absolute Gasteiger partial charge is 0.508 e. The Labute approximate surface area is 102 Å². The summed E-state index contributed by atoms with van der Waals surface area (Å²) < 4.78 is 5.09. The van der Waals surface area contributed by atoms with E-state index in [1.165, 1.54) is 0 Å². The van der Waals surface area contributed by atoms with Crippen molar-refractivity contribution in [1.82, 2.24) is 5.32 Å². The molecule has 1 rings (SSSR count). The third kappa shape index (κ3) is 4.63. The summed E-state index contributed by atoms with van der Waals surface area (Å²) in [4.78, 5) is 0. The van der Waals surface area contributed by atoms with Crippen molar-refractivity contribution >= 4 is 0 Å². The Morgan fingerprint density at radius 3 is 2.82 bits per heavy atom. The van der Waals surface area contributed by atoms with Crippen LogP contribution in [0.25, 0.3) is 0 Å². The number of aromatic hydroxyl groups is 1. The Kier molecular flexibility index (Phi) is 5.80. The van der Waals surface area contributed by atoms with E-state index in [0.717, 1.165) is 30.7 Å². The number of ether oxygens (including phenoxy) is 1. The molecule has 0 aromatic heterocycles. The first-order valence-electron chi connectivity index (χ1n) is 5.92. The third-order valence-electron chi connectivity index (χ3n) is 2.73. The number of methoxy groups -OCH3 is 1. The zero-order valence-electron chi connectivity index (χ0n) is 10.4. The van der Waals surface area contributed by atoms with Gasteiger partial charge in [-0.3, -0.25) is 0 Å². The van der Waals surface area contributed by atoms with Gasteiger partial charge >= 0.3 is 0 Å². The monoisotopic (exact) mass is 239 g/mol. The molecule has 1 atom stereocenters. The van der Waals surface area contributed by atoms with Crippen LogP contribution >= 0.6 is 0 Å². The Morgan fingerprint density at radius 1 is 1.41 bits per heavy atom. The fourth-order valence-corrected chi connectivity index (χ4v) is 1.53. The SMILES string of the molecule is CCC(O)CCNCc1cc(OC)ccc1O. The molecular weight excluding hydrogens is 218 g/mol. The van der Waals surface area contributed by atoms with E-state index in [9.17, 15) is 10.2 Å². The van der Waals surface area contributed by atoms with Crippen molar-refractivity contribution in [2.45, 2.75) is 32.4 Å². The van der Waals surface area contributed by atoms with Gasteiger partial charge in [-0.25, -0.2) is 0 Å². The van der Waals surface area contributed by atoms with Crippen LogP contribution < -0.4 is 10.1 Å². The number of phenols is 1. The van der Waals surface area contributed by atoms with Crippen LogP contribution in [-0.4, -0.2) is 30.0 Å². The van der Waals surface area contributed by atoms with Gasteiger partial charge in [0, 0.05) is 12.1 Å². The van der Waals surface area contributed by atoms with E-state index in [1.54, 1.807) is 25.3 Å². The Bertz CT molecular complexity index is 341. The second-order valence-electron chi connectivity index (χ2n) is 4.02. The fraction of sp³-hybridized carbons (Fsp3) is 0.538. The zero-order valence-corrected chi connectivity index (χ0v) is 10.4. The molecule has 0 aliphatic heterocycles. The summed E-state index contributed by atoms with van der Waals surface area (Å²) in [6.07, 6.45) is 1.24. The maximum absolute atomic E-state index is 9.64. The molecule has 17 heavy (non-hydrogen) atoms. The van der Waals surface area contributed by atoms with E-state index < -0.39 is 0 Å². The van der Waals surface area contributed by atoms with Crippen molar-refractivity contribution < 1.29 is 14.9 Å². The molecule has 96 valence electrons. The zero-order chi connectivity index (χ0) is 12.7. The number of nitrogens with one attached hydrogen (secondary N) is 1. The molecule has 0 saturated carbocycles. The van der Waals surface area contributed by atoms with Crippen molar-refractivity contribution in [3.8, 4) is 11.5 Å². The van der Waals surface area contributed by atoms with E-state index in [0.29, 0.717) is 6.54 Å². The van der Waals surface area contributed by atoms with Crippen LogP contribution in [-0.2, 0) is 6.54 Å². The first-order valence-corrected chi connectivity index (χ1v) is 5.92. The normalized spacial score (nSPS) is 12.4. The highest BCUT2D eigenvalue weighted by Crippen LogP contribution is 2.22. The molecule has 0 aliphatic rings. The lowest BCUT2D eigenvalue weighted by Crippen LogP contribution is -2.19. The van der Waals surface area contributed by atoms with Gasteiger partial charge in [0.1, 0.15) is 11.5 Å². The first-order chi connectivity index (χ1) is 8.17. The van der Waals surface area contributed by atoms with Crippen molar-refractivity contribution in [3.63, 3.8) is 0 Å². The number of aliphatic hydroxyl groups excluding tert-OH is 1. The van der Waals surface area contributed by atoms with E-state index >= 15 is 0 Å². The van der Waals surface area contributed by atoms with Gasteiger partial charge in [0.05, 0.1) is 13.2 Å². The van der Waals surface area contributed by atoms with Crippen LogP contribution in [0.5, 0.6) is 11.5 Å². The molecule has 0 heterocycles. The van der Waals surface area contributed by atoms with Crippen molar-refractivity contribution in [3.05, 3.63) is 23.8 Å². The second kappa shape index (κ2) is 7.14. The lowest BCUT2D eigenvalue weighted by Gasteiger charge is -2.10. The van der Waals surface area contributed by atoms with Crippen molar-refractivity contribution in [1.29, 1.82) is 0 Å². The minimum absolute atomic E-state index is 0.249. The topological polar surface area (TPSA) is 61.7 Å². The smallest absolute Gasteiger partial charge is 0.120 e. The van der Waals surface area contributed by atoms with Gasteiger partial charge in [0.15, 0.2) is 0 Å². The number of benzene rings is 1. The maximum Gasteiger partial charge on any atom is 0.120 e. The van der Waals surface area contributed by atoms with Crippen LogP contribution in [0.3, 0.4) is 0 Å². The minimum atomic E-state index is -0.249. The van der Waals surface area contributed by atoms with Gasteiger partial charge in [-0.15, -0.1) is 0 Å². The summed E-state index contributed by atoms with van der Waals surface area (Å²) in [6, 6.07) is 5.15. The molecule has 0 aliphatic carbocycles. The van der Waals surface area contributed by atoms with E-state index in [2.05, 4.69) is 5.32 Å². The summed E-state index contributed by atoms with van der Waals surface area (Å²) in [5, 5.41) is 22.2. The molecule has 0 fully saturated rings. The standard InChI is InChI=1S/C13H21NO3/c1-3-11(15)6-7-14-9-10-8-12(17-2)4-5-13(10)16/h4-5,8,11,14-16H,3,6-7,9H2,1-2H3. The highest BCUT2D eigenvalue weighted by Gasteiger charge is 2.04. The second-order valence-corrected chi connectivity index (χ2v) is 4.02. The lowest BCUT2D eigenvalue weighted by molar-refractivity contribution is 0.159. The molecule has 0 amide bonds. The van der Waals surface area contributed by atoms with Gasteiger partial charge in [-0.2, -0.15) is 0 Å². The minimum Gasteiger partial charge on any atom is -0.508 e. The molecule has 1 aromatic rings. The van der Waals surface area contributed by atoms with Crippen LogP contribution in [0, 0.1) is 0 Å². The molecule has 4 heteroatoms. The van der Waals surface area contributed by atoms with Gasteiger partial charge in [0.2, 0.25) is 0 Å². The van der Waals surface area contributed by atoms with Gasteiger partial charge in [-0.05, 0) is 37.6 Å². The summed E-state index contributed by atoms with van der Waals surface area (Å²) in [5.74, 6) is 0.988. The van der Waals surface area contributed by atoms with Crippen LogP contribution in [0.15, 0.2) is 18.2 Å². The maximum atomic E-state index is 9.64. The summed E-state index contributed by atoms with van der Waals surface area (Å²) in [5.41, 5.74) is 0.801. The fourth-order valence-electron chi connectivity index (χ4n) is 1.53. The highest BCUT2D eigenvalue weighted by atomic mass is 16.5. The first kappa shape index (κ1) is 13.8. The van der Waals surface area contributed by atoms with E-state index in [4.69, 9.17) is 4.74 Å². The molecule has 0 saturated heterocycles. The molecule has 4 nitrogen and oxygen atoms in total. The Balaban J connectivity index is 2.40. The molecule has 0 bridgehead atoms. The van der Waals surface area contributed by atoms with E-state index in [1.807, 2.05) is 6.92 Å². The van der Waals surface area contributed by atoms with Gasteiger partial charge in [-0.1, -0.05) is 6.92 Å². The molecule has 0 spiro atoms. The van der Waals surface area contributed by atoms with Gasteiger partial charge < -0.3 is 20.3 Å². The number of rotatable bonds is 7. The summed E-state index contributed by atoms with van der Waals surface area (Å²) in [7, 11) is 1.60. The number of hydrogen-bond acceptors (Lipinski definition) is 4. The Morgan fingerprint density at radius 2 is 2.18 bits per heavy atom. The number of hydrogen-bond donors (Lipinski definition) is 3. The van der Waals surface area contributed by atoms with Crippen LogP contribution in [0.1, 0.15) is 25.3 Å². The molecule has 1 aromatic carbocycles. The van der Waals surface area contributed by atoms with Crippen LogP contribution in [0.4, 0.5) is 0 Å². The lowest BCUT2D eigenvalue weighted by atomic mass is 10.1. The van der Waals surface area contributed by atoms with Crippen LogP contribution in [0.2, 0.25) is 0 Å². The predicted octanol–water partition coefficient (Wildman–Crippen LogP) is 1.65. The highest BCUT2D eigenvalue weighted by molar-refractivity contribution is 5.39. The van der Waals surface area contributed by atoms with Crippen molar-refractivity contribution in [2.75, 3.05) is 13.7 Å². The average Bonchev–Trinajstić information content (AvgIpc) is 2.36. The Hall–Kier alpha value is -1.26. The summed E-state index contributed by atoms with van der Waals surface area (Å²) in [6.45, 7) is 3.25. The third-order valence-corrected chi connectivity index (χ3v) is 2.73. The molecule has 1 unspecified atom stereocenters. The molecular formula is C13H21NO3. The van der Waals surface area contributed by atoms with Crippen molar-refractivity contribution in [2.24, 2.45) is 0 Å². The van der Waals surface area contributed by atoms with E-state index in [-0.39, 0.29) is 11.9 Å². The quantitative estimate of drug-likeness (QED) is 0.633. The predicted molar refractivity (Wildman–Crippen MR) is 67.3 cm³/mol. The number of phenolic OH excluding ortho intramolecular Hbond substituents is 1. The number of aliphatic hydroxyl groups is 1. The molecule has 3 N–H and O–H groups in total. The molecule has 0 radical (unpaired) electrons.